The van der Waals surface area contributed by atoms with Crippen molar-refractivity contribution in [2.75, 3.05) is 0 Å². The van der Waals surface area contributed by atoms with Crippen molar-refractivity contribution in [1.29, 1.82) is 0 Å². The Bertz CT molecular complexity index is 362. The second-order valence-electron chi connectivity index (χ2n) is 4.32. The summed E-state index contributed by atoms with van der Waals surface area (Å²) in [6.07, 6.45) is 8.76. The van der Waals surface area contributed by atoms with Crippen LogP contribution in [0.5, 0.6) is 0 Å². The van der Waals surface area contributed by atoms with Crippen molar-refractivity contribution in [2.24, 2.45) is 5.92 Å². The van der Waals surface area contributed by atoms with E-state index in [-0.39, 0.29) is 5.92 Å². The minimum Gasteiger partial charge on any atom is -0.389 e. The zero-order valence-electron chi connectivity index (χ0n) is 8.93. The van der Waals surface area contributed by atoms with Crippen LogP contribution >= 0.6 is 0 Å². The summed E-state index contributed by atoms with van der Waals surface area (Å²) in [4.78, 5) is 0. The van der Waals surface area contributed by atoms with Crippen LogP contribution in [0.4, 0.5) is 0 Å². The standard InChI is InChI=1S/C14H16O/c1-14(15,13-9-5-6-10-13)11-12-7-3-2-4-8-12/h2-10,13,15H,11H2,1H3. The van der Waals surface area contributed by atoms with E-state index in [4.69, 9.17) is 0 Å². The smallest absolute Gasteiger partial charge is 0.0756 e. The van der Waals surface area contributed by atoms with Crippen LogP contribution in [0, 0.1) is 5.92 Å². The van der Waals surface area contributed by atoms with Crippen molar-refractivity contribution in [1.82, 2.24) is 0 Å². The second kappa shape index (κ2) is 4.03. The molecule has 0 fully saturated rings. The third-order valence-corrected chi connectivity index (χ3v) is 2.87. The van der Waals surface area contributed by atoms with Crippen LogP contribution in [0.25, 0.3) is 0 Å². The minimum absolute atomic E-state index is 0.137. The van der Waals surface area contributed by atoms with Gasteiger partial charge in [-0.1, -0.05) is 54.6 Å². The van der Waals surface area contributed by atoms with Crippen LogP contribution < -0.4 is 0 Å². The summed E-state index contributed by atoms with van der Waals surface area (Å²) in [5, 5.41) is 10.4. The molecule has 0 saturated heterocycles. The predicted octanol–water partition coefficient (Wildman–Crippen LogP) is 2.72. The fourth-order valence-corrected chi connectivity index (χ4v) is 1.97. The van der Waals surface area contributed by atoms with Crippen LogP contribution in [-0.4, -0.2) is 10.7 Å². The highest BCUT2D eigenvalue weighted by Gasteiger charge is 2.29. The van der Waals surface area contributed by atoms with Crippen molar-refractivity contribution in [2.45, 2.75) is 18.9 Å². The lowest BCUT2D eigenvalue weighted by Crippen LogP contribution is -2.34. The van der Waals surface area contributed by atoms with E-state index in [1.165, 1.54) is 5.56 Å². The average molecular weight is 200 g/mol. The molecule has 1 aromatic rings. The first-order valence-corrected chi connectivity index (χ1v) is 5.30. The van der Waals surface area contributed by atoms with Crippen LogP contribution in [0.15, 0.2) is 54.6 Å². The van der Waals surface area contributed by atoms with E-state index in [1.54, 1.807) is 0 Å². The van der Waals surface area contributed by atoms with E-state index in [0.717, 1.165) is 0 Å². The minimum atomic E-state index is -0.690. The number of allylic oxidation sites excluding steroid dienone is 2. The summed E-state index contributed by atoms with van der Waals surface area (Å²) in [6, 6.07) is 10.1. The Labute approximate surface area is 90.8 Å². The molecule has 0 radical (unpaired) electrons. The van der Waals surface area contributed by atoms with Crippen molar-refractivity contribution in [3.63, 3.8) is 0 Å². The Morgan fingerprint density at radius 2 is 1.73 bits per heavy atom. The first-order chi connectivity index (χ1) is 7.18. The third kappa shape index (κ3) is 2.37. The zero-order chi connectivity index (χ0) is 10.7. The van der Waals surface area contributed by atoms with Crippen LogP contribution in [0.2, 0.25) is 0 Å². The van der Waals surface area contributed by atoms with Gasteiger partial charge in [0.25, 0.3) is 0 Å². The van der Waals surface area contributed by atoms with Crippen molar-refractivity contribution >= 4 is 0 Å². The van der Waals surface area contributed by atoms with Gasteiger partial charge in [0.15, 0.2) is 0 Å². The first-order valence-electron chi connectivity index (χ1n) is 5.30. The second-order valence-corrected chi connectivity index (χ2v) is 4.32. The molecule has 1 aliphatic carbocycles. The van der Waals surface area contributed by atoms with Gasteiger partial charge in [-0.3, -0.25) is 0 Å². The van der Waals surface area contributed by atoms with E-state index in [9.17, 15) is 5.11 Å². The maximum atomic E-state index is 10.4. The summed E-state index contributed by atoms with van der Waals surface area (Å²) in [6.45, 7) is 1.89. The largest absolute Gasteiger partial charge is 0.389 e. The quantitative estimate of drug-likeness (QED) is 0.795. The molecule has 15 heavy (non-hydrogen) atoms. The van der Waals surface area contributed by atoms with Gasteiger partial charge in [-0.25, -0.2) is 0 Å². The predicted molar refractivity (Wildman–Crippen MR) is 62.5 cm³/mol. The van der Waals surface area contributed by atoms with Crippen molar-refractivity contribution in [3.8, 4) is 0 Å². The maximum Gasteiger partial charge on any atom is 0.0756 e. The van der Waals surface area contributed by atoms with Crippen LogP contribution in [0.1, 0.15) is 12.5 Å². The molecule has 1 nitrogen and oxygen atoms in total. The van der Waals surface area contributed by atoms with Gasteiger partial charge in [-0.2, -0.15) is 0 Å². The molecular weight excluding hydrogens is 184 g/mol. The lowest BCUT2D eigenvalue weighted by molar-refractivity contribution is 0.0357. The molecule has 0 amide bonds. The van der Waals surface area contributed by atoms with Crippen molar-refractivity contribution < 1.29 is 5.11 Å². The maximum absolute atomic E-state index is 10.4. The SMILES string of the molecule is CC(O)(Cc1ccccc1)C1C=CC=C1. The summed E-state index contributed by atoms with van der Waals surface area (Å²) in [7, 11) is 0. The number of rotatable bonds is 3. The molecule has 1 heteroatoms. The zero-order valence-corrected chi connectivity index (χ0v) is 8.93. The van der Waals surface area contributed by atoms with Gasteiger partial charge < -0.3 is 5.11 Å². The molecular formula is C14H16O. The van der Waals surface area contributed by atoms with Gasteiger partial charge in [0.1, 0.15) is 0 Å². The Kier molecular flexibility index (Phi) is 2.74. The highest BCUT2D eigenvalue weighted by atomic mass is 16.3. The van der Waals surface area contributed by atoms with E-state index < -0.39 is 5.60 Å². The molecule has 1 unspecified atom stereocenters. The van der Waals surface area contributed by atoms with Gasteiger partial charge in [-0.15, -0.1) is 0 Å². The molecule has 0 aromatic heterocycles. The summed E-state index contributed by atoms with van der Waals surface area (Å²) < 4.78 is 0. The van der Waals surface area contributed by atoms with Gasteiger partial charge in [0.2, 0.25) is 0 Å². The molecule has 1 atom stereocenters. The lowest BCUT2D eigenvalue weighted by atomic mass is 9.85. The molecule has 1 aromatic carbocycles. The third-order valence-electron chi connectivity index (χ3n) is 2.87. The molecule has 0 spiro atoms. The van der Waals surface area contributed by atoms with Gasteiger partial charge in [-0.05, 0) is 12.5 Å². The van der Waals surface area contributed by atoms with E-state index >= 15 is 0 Å². The topological polar surface area (TPSA) is 20.2 Å². The monoisotopic (exact) mass is 200 g/mol. The van der Waals surface area contributed by atoms with Gasteiger partial charge in [0.05, 0.1) is 5.60 Å². The molecule has 1 N–H and O–H groups in total. The van der Waals surface area contributed by atoms with Gasteiger partial charge >= 0.3 is 0 Å². The highest BCUT2D eigenvalue weighted by molar-refractivity contribution is 5.24. The highest BCUT2D eigenvalue weighted by Crippen LogP contribution is 2.27. The van der Waals surface area contributed by atoms with E-state index in [2.05, 4.69) is 12.1 Å². The fraction of sp³-hybridized carbons (Fsp3) is 0.286. The number of benzene rings is 1. The molecule has 0 heterocycles. The normalized spacial score (nSPS) is 19.3. The summed E-state index contributed by atoms with van der Waals surface area (Å²) in [5.41, 5.74) is 0.487. The molecule has 1 aliphatic rings. The van der Waals surface area contributed by atoms with Gasteiger partial charge in [0, 0.05) is 12.3 Å². The molecule has 78 valence electrons. The molecule has 2 rings (SSSR count). The summed E-state index contributed by atoms with van der Waals surface area (Å²) >= 11 is 0. The van der Waals surface area contributed by atoms with Crippen LogP contribution in [0.3, 0.4) is 0 Å². The Morgan fingerprint density at radius 3 is 2.33 bits per heavy atom. The summed E-state index contributed by atoms with van der Waals surface area (Å²) in [5.74, 6) is 0.137. The number of aliphatic hydroxyl groups is 1. The number of hydrogen-bond donors (Lipinski definition) is 1. The van der Waals surface area contributed by atoms with E-state index in [1.807, 2.05) is 49.4 Å². The molecule has 0 aliphatic heterocycles. The van der Waals surface area contributed by atoms with E-state index in [0.29, 0.717) is 6.42 Å². The molecule has 0 bridgehead atoms. The number of hydrogen-bond acceptors (Lipinski definition) is 1. The lowest BCUT2D eigenvalue weighted by Gasteiger charge is -2.28. The average Bonchev–Trinajstić information content (AvgIpc) is 2.71. The Morgan fingerprint density at radius 1 is 1.13 bits per heavy atom. The Balaban J connectivity index is 2.10. The van der Waals surface area contributed by atoms with Crippen molar-refractivity contribution in [3.05, 3.63) is 60.2 Å². The first kappa shape index (κ1) is 10.2. The molecule has 0 saturated carbocycles. The Hall–Kier alpha value is -1.34. The van der Waals surface area contributed by atoms with Crippen LogP contribution in [-0.2, 0) is 6.42 Å². The fourth-order valence-electron chi connectivity index (χ4n) is 1.97.